The number of phenolic OH excluding ortho intramolecular Hbond substituents is 1. The first kappa shape index (κ1) is 22.9. The molecule has 2 aromatic carbocycles. The van der Waals surface area contributed by atoms with Crippen LogP contribution in [0.2, 0.25) is 0 Å². The lowest BCUT2D eigenvalue weighted by atomic mass is 9.92. The molecule has 160 valence electrons. The standard InChI is InChI=1S/C23H28N2O5/c1-13(2)16-10-19(14(3)4)22(28)20(11-16)23(29)30-12-21(27)25-18-8-6-17(7-9-18)24-15(5)26/h6-11,13-14,28H,12H2,1-5H3,(H,24,26)(H,25,27). The summed E-state index contributed by atoms with van der Waals surface area (Å²) in [7, 11) is 0. The molecule has 2 rings (SSSR count). The van der Waals surface area contributed by atoms with Crippen molar-refractivity contribution in [1.29, 1.82) is 0 Å². The van der Waals surface area contributed by atoms with Crippen LogP contribution in [0.4, 0.5) is 11.4 Å². The van der Waals surface area contributed by atoms with Gasteiger partial charge in [0.2, 0.25) is 5.91 Å². The van der Waals surface area contributed by atoms with Crippen molar-refractivity contribution in [1.82, 2.24) is 0 Å². The van der Waals surface area contributed by atoms with E-state index in [1.54, 1.807) is 30.3 Å². The first-order chi connectivity index (χ1) is 14.1. The Balaban J connectivity index is 2.04. The minimum Gasteiger partial charge on any atom is -0.507 e. The largest absolute Gasteiger partial charge is 0.507 e. The number of aromatic hydroxyl groups is 1. The van der Waals surface area contributed by atoms with Gasteiger partial charge in [-0.05, 0) is 53.3 Å². The number of hydrogen-bond acceptors (Lipinski definition) is 5. The van der Waals surface area contributed by atoms with Gasteiger partial charge < -0.3 is 20.5 Å². The highest BCUT2D eigenvalue weighted by molar-refractivity contribution is 5.97. The number of phenols is 1. The normalized spacial score (nSPS) is 10.8. The molecule has 0 unspecified atom stereocenters. The van der Waals surface area contributed by atoms with E-state index in [2.05, 4.69) is 10.6 Å². The van der Waals surface area contributed by atoms with Crippen LogP contribution >= 0.6 is 0 Å². The van der Waals surface area contributed by atoms with E-state index in [0.717, 1.165) is 5.56 Å². The Kier molecular flexibility index (Phi) is 7.58. The van der Waals surface area contributed by atoms with Gasteiger partial charge in [-0.1, -0.05) is 33.8 Å². The quantitative estimate of drug-likeness (QED) is 0.585. The lowest BCUT2D eigenvalue weighted by Gasteiger charge is -2.16. The Bertz CT molecular complexity index is 933. The van der Waals surface area contributed by atoms with Crippen molar-refractivity contribution in [3.63, 3.8) is 0 Å². The van der Waals surface area contributed by atoms with Crippen LogP contribution in [0.1, 0.15) is 67.9 Å². The molecule has 0 atom stereocenters. The summed E-state index contributed by atoms with van der Waals surface area (Å²) in [6.07, 6.45) is 0. The fraction of sp³-hybridized carbons (Fsp3) is 0.348. The number of hydrogen-bond donors (Lipinski definition) is 3. The molecule has 0 radical (unpaired) electrons. The van der Waals surface area contributed by atoms with E-state index >= 15 is 0 Å². The Labute approximate surface area is 176 Å². The summed E-state index contributed by atoms with van der Waals surface area (Å²) in [6, 6.07) is 10.0. The maximum atomic E-state index is 12.5. The molecule has 3 N–H and O–H groups in total. The maximum Gasteiger partial charge on any atom is 0.342 e. The van der Waals surface area contributed by atoms with Crippen LogP contribution < -0.4 is 10.6 Å². The highest BCUT2D eigenvalue weighted by Crippen LogP contribution is 2.33. The molecule has 7 heteroatoms. The topological polar surface area (TPSA) is 105 Å². The number of nitrogens with one attached hydrogen (secondary N) is 2. The first-order valence-electron chi connectivity index (χ1n) is 9.80. The maximum absolute atomic E-state index is 12.5. The predicted octanol–water partition coefficient (Wildman–Crippen LogP) is 4.39. The highest BCUT2D eigenvalue weighted by Gasteiger charge is 2.21. The number of carbonyl (C=O) groups excluding carboxylic acids is 3. The highest BCUT2D eigenvalue weighted by atomic mass is 16.5. The van der Waals surface area contributed by atoms with Gasteiger partial charge in [0.05, 0.1) is 0 Å². The third-order valence-corrected chi connectivity index (χ3v) is 4.49. The molecule has 2 aromatic rings. The second-order valence-electron chi connectivity index (χ2n) is 7.70. The first-order valence-corrected chi connectivity index (χ1v) is 9.80. The molecule has 0 aliphatic carbocycles. The minimum atomic E-state index is -0.756. The van der Waals surface area contributed by atoms with Gasteiger partial charge in [0.25, 0.3) is 5.91 Å². The zero-order valence-corrected chi connectivity index (χ0v) is 17.9. The van der Waals surface area contributed by atoms with Crippen molar-refractivity contribution in [2.45, 2.75) is 46.5 Å². The number of amides is 2. The second-order valence-corrected chi connectivity index (χ2v) is 7.70. The molecule has 0 heterocycles. The smallest absolute Gasteiger partial charge is 0.342 e. The average Bonchev–Trinajstić information content (AvgIpc) is 2.67. The lowest BCUT2D eigenvalue weighted by molar-refractivity contribution is -0.119. The summed E-state index contributed by atoms with van der Waals surface area (Å²) in [4.78, 5) is 35.7. The predicted molar refractivity (Wildman–Crippen MR) is 116 cm³/mol. The van der Waals surface area contributed by atoms with Crippen molar-refractivity contribution < 1.29 is 24.2 Å². The van der Waals surface area contributed by atoms with Crippen LogP contribution in [0.5, 0.6) is 5.75 Å². The van der Waals surface area contributed by atoms with Gasteiger partial charge in [-0.2, -0.15) is 0 Å². The Morgan fingerprint density at radius 1 is 0.933 bits per heavy atom. The van der Waals surface area contributed by atoms with Gasteiger partial charge in [0.15, 0.2) is 6.61 Å². The molecular weight excluding hydrogens is 384 g/mol. The molecule has 0 aliphatic heterocycles. The third kappa shape index (κ3) is 6.07. The summed E-state index contributed by atoms with van der Waals surface area (Å²) >= 11 is 0. The number of ether oxygens (including phenoxy) is 1. The number of carbonyl (C=O) groups is 3. The molecule has 0 saturated carbocycles. The van der Waals surface area contributed by atoms with Gasteiger partial charge in [0, 0.05) is 18.3 Å². The van der Waals surface area contributed by atoms with E-state index in [1.807, 2.05) is 33.8 Å². The molecule has 0 aromatic heterocycles. The zero-order valence-electron chi connectivity index (χ0n) is 17.9. The van der Waals surface area contributed by atoms with E-state index < -0.39 is 18.5 Å². The van der Waals surface area contributed by atoms with Gasteiger partial charge in [0.1, 0.15) is 11.3 Å². The molecule has 7 nitrogen and oxygen atoms in total. The summed E-state index contributed by atoms with van der Waals surface area (Å²) in [5, 5.41) is 15.7. The van der Waals surface area contributed by atoms with Gasteiger partial charge in [-0.25, -0.2) is 4.79 Å². The molecule has 2 amide bonds. The van der Waals surface area contributed by atoms with Crippen LogP contribution in [0.25, 0.3) is 0 Å². The van der Waals surface area contributed by atoms with E-state index in [9.17, 15) is 19.5 Å². The van der Waals surface area contributed by atoms with Crippen LogP contribution in [0.3, 0.4) is 0 Å². The van der Waals surface area contributed by atoms with Gasteiger partial charge >= 0.3 is 5.97 Å². The van der Waals surface area contributed by atoms with E-state index in [-0.39, 0.29) is 29.1 Å². The van der Waals surface area contributed by atoms with Crippen molar-refractivity contribution >= 4 is 29.2 Å². The van der Waals surface area contributed by atoms with Crippen LogP contribution in [-0.4, -0.2) is 29.5 Å². The van der Waals surface area contributed by atoms with Crippen molar-refractivity contribution in [3.8, 4) is 5.75 Å². The zero-order chi connectivity index (χ0) is 22.4. The minimum absolute atomic E-state index is 0.0269. The summed E-state index contributed by atoms with van der Waals surface area (Å²) in [5.74, 6) is -1.39. The fourth-order valence-electron chi connectivity index (χ4n) is 2.86. The van der Waals surface area contributed by atoms with Crippen LogP contribution in [0, 0.1) is 0 Å². The monoisotopic (exact) mass is 412 g/mol. The van der Waals surface area contributed by atoms with Crippen LogP contribution in [0.15, 0.2) is 36.4 Å². The number of rotatable bonds is 7. The van der Waals surface area contributed by atoms with Crippen molar-refractivity contribution in [3.05, 3.63) is 53.1 Å². The third-order valence-electron chi connectivity index (χ3n) is 4.49. The molecule has 0 bridgehead atoms. The molecule has 0 fully saturated rings. The van der Waals surface area contributed by atoms with E-state index in [1.165, 1.54) is 6.92 Å². The average molecular weight is 412 g/mol. The van der Waals surface area contributed by atoms with Crippen LogP contribution in [-0.2, 0) is 14.3 Å². The molecule has 0 aliphatic rings. The van der Waals surface area contributed by atoms with Crippen molar-refractivity contribution in [2.24, 2.45) is 0 Å². The van der Waals surface area contributed by atoms with E-state index in [4.69, 9.17) is 4.74 Å². The number of anilines is 2. The fourth-order valence-corrected chi connectivity index (χ4v) is 2.86. The van der Waals surface area contributed by atoms with E-state index in [0.29, 0.717) is 16.9 Å². The Hall–Kier alpha value is -3.35. The summed E-state index contributed by atoms with van der Waals surface area (Å²) < 4.78 is 5.12. The lowest BCUT2D eigenvalue weighted by Crippen LogP contribution is -2.21. The summed E-state index contributed by atoms with van der Waals surface area (Å²) in [5.41, 5.74) is 2.73. The number of esters is 1. The number of benzene rings is 2. The Morgan fingerprint density at radius 2 is 1.50 bits per heavy atom. The van der Waals surface area contributed by atoms with Crippen molar-refractivity contribution in [2.75, 3.05) is 17.2 Å². The molecular formula is C23H28N2O5. The summed E-state index contributed by atoms with van der Waals surface area (Å²) in [6.45, 7) is 8.77. The Morgan fingerprint density at radius 3 is 2.00 bits per heavy atom. The van der Waals surface area contributed by atoms with Gasteiger partial charge in [-0.3, -0.25) is 9.59 Å². The second kappa shape index (κ2) is 9.91. The molecule has 0 spiro atoms. The molecule has 0 saturated heterocycles. The SMILES string of the molecule is CC(=O)Nc1ccc(NC(=O)COC(=O)c2cc(C(C)C)cc(C(C)C)c2O)cc1. The molecule has 30 heavy (non-hydrogen) atoms. The van der Waals surface area contributed by atoms with Gasteiger partial charge in [-0.15, -0.1) is 0 Å².